The van der Waals surface area contributed by atoms with Gasteiger partial charge in [-0.05, 0) is 48.5 Å². The van der Waals surface area contributed by atoms with Gasteiger partial charge >= 0.3 is 0 Å². The molecule has 3 rings (SSSR count). The number of phenolic OH excluding ortho intramolecular Hbond substituents is 1. The third-order valence-corrected chi connectivity index (χ3v) is 4.25. The number of nitrogens with one attached hydrogen (secondary N) is 1. The molecule has 0 bridgehead atoms. The highest BCUT2D eigenvalue weighted by Crippen LogP contribution is 2.24. The van der Waals surface area contributed by atoms with E-state index < -0.39 is 0 Å². The van der Waals surface area contributed by atoms with Crippen molar-refractivity contribution in [1.82, 2.24) is 4.98 Å². The summed E-state index contributed by atoms with van der Waals surface area (Å²) in [5.74, 6) is 0.839. The summed E-state index contributed by atoms with van der Waals surface area (Å²) in [6.07, 6.45) is 0.217. The van der Waals surface area contributed by atoms with E-state index in [1.165, 1.54) is 11.3 Å². The van der Waals surface area contributed by atoms with Gasteiger partial charge in [0.2, 0.25) is 5.91 Å². The zero-order chi connectivity index (χ0) is 16.9. The maximum absolute atomic E-state index is 12.1. The summed E-state index contributed by atoms with van der Waals surface area (Å²) in [6.45, 7) is 0. The lowest BCUT2D eigenvalue weighted by Crippen LogP contribution is -2.14. The Bertz CT molecular complexity index is 826. The lowest BCUT2D eigenvalue weighted by atomic mass is 10.2. The molecule has 3 aromatic rings. The molecule has 0 saturated carbocycles. The highest BCUT2D eigenvalue weighted by atomic mass is 32.1. The Morgan fingerprint density at radius 2 is 1.88 bits per heavy atom. The SMILES string of the molecule is COc1ccc(NC(=O)Cc2nc(-c3ccc(O)cc3)cs2)cc1. The van der Waals surface area contributed by atoms with Crippen molar-refractivity contribution in [3.63, 3.8) is 0 Å². The van der Waals surface area contributed by atoms with Crippen LogP contribution in [0, 0.1) is 0 Å². The Hall–Kier alpha value is -2.86. The molecule has 6 heteroatoms. The molecule has 0 fully saturated rings. The molecule has 0 aliphatic carbocycles. The predicted octanol–water partition coefficient (Wildman–Crippen LogP) is 3.71. The number of anilines is 1. The van der Waals surface area contributed by atoms with Crippen LogP contribution in [-0.4, -0.2) is 23.1 Å². The van der Waals surface area contributed by atoms with Gasteiger partial charge in [-0.25, -0.2) is 4.98 Å². The fourth-order valence-electron chi connectivity index (χ4n) is 2.17. The quantitative estimate of drug-likeness (QED) is 0.743. The summed E-state index contributed by atoms with van der Waals surface area (Å²) in [4.78, 5) is 16.6. The van der Waals surface area contributed by atoms with Crippen molar-refractivity contribution in [2.24, 2.45) is 0 Å². The van der Waals surface area contributed by atoms with E-state index >= 15 is 0 Å². The third kappa shape index (κ3) is 3.91. The number of benzene rings is 2. The van der Waals surface area contributed by atoms with Crippen LogP contribution < -0.4 is 10.1 Å². The summed E-state index contributed by atoms with van der Waals surface area (Å²) in [5.41, 5.74) is 2.43. The molecular formula is C18H16N2O3S. The molecule has 0 unspecified atom stereocenters. The molecule has 0 spiro atoms. The van der Waals surface area contributed by atoms with Gasteiger partial charge in [0.15, 0.2) is 0 Å². The van der Waals surface area contributed by atoms with Crippen molar-refractivity contribution in [3.8, 4) is 22.8 Å². The second-order valence-electron chi connectivity index (χ2n) is 5.13. The number of aromatic hydroxyl groups is 1. The maximum atomic E-state index is 12.1. The number of carbonyl (C=O) groups excluding carboxylic acids is 1. The Kier molecular flexibility index (Phi) is 4.77. The number of hydrogen-bond acceptors (Lipinski definition) is 5. The number of ether oxygens (including phenoxy) is 1. The number of aromatic nitrogens is 1. The second-order valence-corrected chi connectivity index (χ2v) is 6.07. The number of thiazole rings is 1. The van der Waals surface area contributed by atoms with Crippen molar-refractivity contribution in [2.75, 3.05) is 12.4 Å². The fourth-order valence-corrected chi connectivity index (χ4v) is 2.98. The van der Waals surface area contributed by atoms with Gasteiger partial charge in [0, 0.05) is 16.6 Å². The first-order valence-corrected chi connectivity index (χ1v) is 8.20. The van der Waals surface area contributed by atoms with Crippen LogP contribution in [0.2, 0.25) is 0 Å². The van der Waals surface area contributed by atoms with Crippen LogP contribution >= 0.6 is 11.3 Å². The zero-order valence-corrected chi connectivity index (χ0v) is 13.8. The monoisotopic (exact) mass is 340 g/mol. The van der Waals surface area contributed by atoms with Crippen LogP contribution in [-0.2, 0) is 11.2 Å². The minimum atomic E-state index is -0.119. The van der Waals surface area contributed by atoms with Crippen molar-refractivity contribution in [1.29, 1.82) is 0 Å². The fraction of sp³-hybridized carbons (Fsp3) is 0.111. The molecule has 2 N–H and O–H groups in total. The molecule has 1 amide bonds. The van der Waals surface area contributed by atoms with E-state index in [2.05, 4.69) is 10.3 Å². The highest BCUT2D eigenvalue weighted by Gasteiger charge is 2.10. The first kappa shape index (κ1) is 16.0. The first-order valence-electron chi connectivity index (χ1n) is 7.32. The number of amides is 1. The maximum Gasteiger partial charge on any atom is 0.231 e. The standard InChI is InChI=1S/C18H16N2O3S/c1-23-15-8-4-13(5-9-15)19-17(22)10-18-20-16(11-24-18)12-2-6-14(21)7-3-12/h2-9,11,21H,10H2,1H3,(H,19,22). The van der Waals surface area contributed by atoms with Gasteiger partial charge in [0.05, 0.1) is 19.2 Å². The van der Waals surface area contributed by atoms with Crippen LogP contribution in [0.15, 0.2) is 53.9 Å². The molecule has 0 atom stereocenters. The molecule has 24 heavy (non-hydrogen) atoms. The van der Waals surface area contributed by atoms with Crippen molar-refractivity contribution >= 4 is 22.9 Å². The molecule has 122 valence electrons. The number of nitrogens with zero attached hydrogens (tertiary/aromatic N) is 1. The summed E-state index contributed by atoms with van der Waals surface area (Å²) < 4.78 is 5.09. The van der Waals surface area contributed by atoms with Gasteiger partial charge in [-0.3, -0.25) is 4.79 Å². The number of rotatable bonds is 5. The Labute approximate surface area is 143 Å². The Morgan fingerprint density at radius 3 is 2.54 bits per heavy atom. The predicted molar refractivity (Wildman–Crippen MR) is 94.5 cm³/mol. The van der Waals surface area contributed by atoms with E-state index in [4.69, 9.17) is 4.74 Å². The summed E-state index contributed by atoms with van der Waals surface area (Å²) in [6, 6.07) is 14.0. The Balaban J connectivity index is 1.63. The average molecular weight is 340 g/mol. The zero-order valence-electron chi connectivity index (χ0n) is 13.0. The van der Waals surface area contributed by atoms with Gasteiger partial charge < -0.3 is 15.2 Å². The minimum absolute atomic E-state index is 0.119. The van der Waals surface area contributed by atoms with E-state index in [9.17, 15) is 9.90 Å². The number of carbonyl (C=O) groups is 1. The molecule has 0 aliphatic heterocycles. The topological polar surface area (TPSA) is 71.5 Å². The lowest BCUT2D eigenvalue weighted by Gasteiger charge is -2.05. The van der Waals surface area contributed by atoms with E-state index in [1.807, 2.05) is 5.38 Å². The van der Waals surface area contributed by atoms with Crippen LogP contribution in [0.25, 0.3) is 11.3 Å². The smallest absolute Gasteiger partial charge is 0.231 e. The average Bonchev–Trinajstić information content (AvgIpc) is 3.04. The molecule has 5 nitrogen and oxygen atoms in total. The molecule has 1 aromatic heterocycles. The van der Waals surface area contributed by atoms with E-state index in [1.54, 1.807) is 55.6 Å². The number of hydrogen-bond donors (Lipinski definition) is 2. The van der Waals surface area contributed by atoms with Crippen LogP contribution in [0.3, 0.4) is 0 Å². The normalized spacial score (nSPS) is 10.4. The number of phenols is 1. The Morgan fingerprint density at radius 1 is 1.17 bits per heavy atom. The van der Waals surface area contributed by atoms with Gasteiger partial charge in [-0.15, -0.1) is 11.3 Å². The van der Waals surface area contributed by atoms with E-state index in [0.717, 1.165) is 27.7 Å². The molecule has 0 saturated heterocycles. The second kappa shape index (κ2) is 7.14. The van der Waals surface area contributed by atoms with Crippen LogP contribution in [0.5, 0.6) is 11.5 Å². The lowest BCUT2D eigenvalue weighted by molar-refractivity contribution is -0.115. The summed E-state index contributed by atoms with van der Waals surface area (Å²) in [5, 5.41) is 14.8. The first-order chi connectivity index (χ1) is 11.6. The minimum Gasteiger partial charge on any atom is -0.508 e. The van der Waals surface area contributed by atoms with Gasteiger partial charge in [0.1, 0.15) is 16.5 Å². The van der Waals surface area contributed by atoms with Crippen LogP contribution in [0.1, 0.15) is 5.01 Å². The third-order valence-electron chi connectivity index (χ3n) is 3.40. The molecule has 2 aromatic carbocycles. The van der Waals surface area contributed by atoms with Crippen molar-refractivity contribution < 1.29 is 14.6 Å². The summed E-state index contributed by atoms with van der Waals surface area (Å²) in [7, 11) is 1.60. The molecule has 0 radical (unpaired) electrons. The van der Waals surface area contributed by atoms with E-state index in [-0.39, 0.29) is 18.1 Å². The highest BCUT2D eigenvalue weighted by molar-refractivity contribution is 7.10. The van der Waals surface area contributed by atoms with Gasteiger partial charge in [0.25, 0.3) is 0 Å². The molecular weight excluding hydrogens is 324 g/mol. The molecule has 0 aliphatic rings. The molecule has 1 heterocycles. The van der Waals surface area contributed by atoms with E-state index in [0.29, 0.717) is 0 Å². The van der Waals surface area contributed by atoms with Gasteiger partial charge in [-0.1, -0.05) is 0 Å². The number of methoxy groups -OCH3 is 1. The largest absolute Gasteiger partial charge is 0.508 e. The van der Waals surface area contributed by atoms with Gasteiger partial charge in [-0.2, -0.15) is 0 Å². The van der Waals surface area contributed by atoms with Crippen molar-refractivity contribution in [2.45, 2.75) is 6.42 Å². The van der Waals surface area contributed by atoms with Crippen LogP contribution in [0.4, 0.5) is 5.69 Å². The van der Waals surface area contributed by atoms with Crippen molar-refractivity contribution in [3.05, 3.63) is 58.9 Å². The summed E-state index contributed by atoms with van der Waals surface area (Å²) >= 11 is 1.44.